The molecule has 0 unspecified atom stereocenters. The van der Waals surface area contributed by atoms with Crippen molar-refractivity contribution >= 4 is 15.9 Å². The van der Waals surface area contributed by atoms with Crippen LogP contribution in [0.25, 0.3) is 0 Å². The Balaban J connectivity index is 2.04. The topological polar surface area (TPSA) is 41.9 Å². The molecule has 1 aromatic rings. The summed E-state index contributed by atoms with van der Waals surface area (Å²) < 4.78 is 11.8. The minimum Gasteiger partial charge on any atom is -0.496 e. The van der Waals surface area contributed by atoms with Gasteiger partial charge in [-0.25, -0.2) is 0 Å². The molecule has 0 aromatic heterocycles. The average Bonchev–Trinajstić information content (AvgIpc) is 2.41. The summed E-state index contributed by atoms with van der Waals surface area (Å²) in [6.07, 6.45) is -0.0693. The van der Waals surface area contributed by atoms with E-state index in [4.69, 9.17) is 14.6 Å². The largest absolute Gasteiger partial charge is 0.496 e. The highest BCUT2D eigenvalue weighted by molar-refractivity contribution is 9.10. The average molecular weight is 316 g/mol. The number of morpholine rings is 1. The Morgan fingerprint density at radius 1 is 1.56 bits per heavy atom. The predicted molar refractivity (Wildman–Crippen MR) is 72.8 cm³/mol. The van der Waals surface area contributed by atoms with Gasteiger partial charge in [0.25, 0.3) is 0 Å². The monoisotopic (exact) mass is 315 g/mol. The molecule has 1 aliphatic heterocycles. The van der Waals surface area contributed by atoms with Crippen molar-refractivity contribution in [3.63, 3.8) is 0 Å². The summed E-state index contributed by atoms with van der Waals surface area (Å²) in [7, 11) is 1.68. The number of hydrogen-bond acceptors (Lipinski definition) is 4. The van der Waals surface area contributed by atoms with Crippen molar-refractivity contribution in [3.05, 3.63) is 28.2 Å². The normalized spacial score (nSPS) is 20.9. The van der Waals surface area contributed by atoms with Crippen molar-refractivity contribution in [2.45, 2.75) is 12.6 Å². The summed E-state index contributed by atoms with van der Waals surface area (Å²) in [5, 5.41) is 9.13. The van der Waals surface area contributed by atoms with Gasteiger partial charge in [-0.3, -0.25) is 4.90 Å². The highest BCUT2D eigenvalue weighted by Crippen LogP contribution is 2.25. The maximum absolute atomic E-state index is 9.13. The molecule has 2 rings (SSSR count). The lowest BCUT2D eigenvalue weighted by atomic mass is 10.1. The van der Waals surface area contributed by atoms with Crippen molar-refractivity contribution < 1.29 is 14.6 Å². The van der Waals surface area contributed by atoms with Crippen LogP contribution in [-0.4, -0.2) is 49.5 Å². The Hall–Kier alpha value is -0.620. The second-order valence-corrected chi connectivity index (χ2v) is 5.28. The molecule has 1 atom stereocenters. The van der Waals surface area contributed by atoms with Gasteiger partial charge in [-0.05, 0) is 12.1 Å². The number of nitrogens with zero attached hydrogens (tertiary/aromatic N) is 1. The smallest absolute Gasteiger partial charge is 0.124 e. The van der Waals surface area contributed by atoms with Gasteiger partial charge >= 0.3 is 0 Å². The summed E-state index contributed by atoms with van der Waals surface area (Å²) >= 11 is 3.44. The van der Waals surface area contributed by atoms with Gasteiger partial charge in [-0.2, -0.15) is 0 Å². The van der Waals surface area contributed by atoms with Gasteiger partial charge < -0.3 is 14.6 Å². The molecule has 18 heavy (non-hydrogen) atoms. The number of aliphatic hydroxyl groups is 1. The Morgan fingerprint density at radius 2 is 2.39 bits per heavy atom. The number of hydrogen-bond donors (Lipinski definition) is 1. The molecule has 1 fully saturated rings. The first kappa shape index (κ1) is 13.8. The highest BCUT2D eigenvalue weighted by Gasteiger charge is 2.20. The second-order valence-electron chi connectivity index (χ2n) is 4.37. The molecule has 4 nitrogen and oxygen atoms in total. The molecular weight excluding hydrogens is 298 g/mol. The van der Waals surface area contributed by atoms with Crippen LogP contribution in [0.4, 0.5) is 0 Å². The van der Waals surface area contributed by atoms with E-state index in [9.17, 15) is 0 Å². The van der Waals surface area contributed by atoms with E-state index in [2.05, 4.69) is 26.9 Å². The van der Waals surface area contributed by atoms with E-state index in [-0.39, 0.29) is 12.7 Å². The van der Waals surface area contributed by atoms with Crippen LogP contribution in [0.3, 0.4) is 0 Å². The first-order valence-electron chi connectivity index (χ1n) is 6.00. The molecule has 1 aromatic carbocycles. The Labute approximate surface area is 116 Å². The number of methoxy groups -OCH3 is 1. The summed E-state index contributed by atoms with van der Waals surface area (Å²) in [5.41, 5.74) is 1.15. The van der Waals surface area contributed by atoms with E-state index >= 15 is 0 Å². The van der Waals surface area contributed by atoms with E-state index in [1.807, 2.05) is 12.1 Å². The summed E-state index contributed by atoms with van der Waals surface area (Å²) in [6.45, 7) is 3.21. The molecule has 0 bridgehead atoms. The van der Waals surface area contributed by atoms with Crippen LogP contribution < -0.4 is 4.74 Å². The van der Waals surface area contributed by atoms with Gasteiger partial charge in [0.2, 0.25) is 0 Å². The van der Waals surface area contributed by atoms with Crippen LogP contribution in [-0.2, 0) is 11.3 Å². The molecule has 0 radical (unpaired) electrons. The molecule has 1 N–H and O–H groups in total. The molecule has 0 saturated carbocycles. The van der Waals surface area contributed by atoms with Crippen LogP contribution >= 0.6 is 15.9 Å². The lowest BCUT2D eigenvalue weighted by Crippen LogP contribution is -2.43. The van der Waals surface area contributed by atoms with Gasteiger partial charge in [0.15, 0.2) is 0 Å². The molecule has 0 amide bonds. The zero-order valence-corrected chi connectivity index (χ0v) is 12.0. The lowest BCUT2D eigenvalue weighted by Gasteiger charge is -2.32. The van der Waals surface area contributed by atoms with Crippen LogP contribution in [0.5, 0.6) is 5.75 Å². The zero-order valence-electron chi connectivity index (χ0n) is 10.4. The molecule has 1 aliphatic rings. The first-order valence-corrected chi connectivity index (χ1v) is 6.79. The number of aliphatic hydroxyl groups excluding tert-OH is 1. The van der Waals surface area contributed by atoms with Crippen molar-refractivity contribution in [1.82, 2.24) is 4.90 Å². The molecular formula is C13H18BrNO3. The van der Waals surface area contributed by atoms with E-state index in [0.717, 1.165) is 35.4 Å². The molecule has 5 heteroatoms. The van der Waals surface area contributed by atoms with Gasteiger partial charge in [0.1, 0.15) is 5.75 Å². The minimum absolute atomic E-state index is 0.0693. The Kier molecular flexibility index (Phi) is 5.00. The van der Waals surface area contributed by atoms with Gasteiger partial charge in [0.05, 0.1) is 26.4 Å². The number of rotatable bonds is 4. The molecule has 100 valence electrons. The SMILES string of the molecule is COc1cc(Br)ccc1CN1CCO[C@@H](CO)C1. The van der Waals surface area contributed by atoms with Gasteiger partial charge in [0, 0.05) is 29.7 Å². The number of ether oxygens (including phenoxy) is 2. The van der Waals surface area contributed by atoms with Crippen LogP contribution in [0.2, 0.25) is 0 Å². The molecule has 0 spiro atoms. The Morgan fingerprint density at radius 3 is 3.11 bits per heavy atom. The van der Waals surface area contributed by atoms with E-state index in [1.165, 1.54) is 0 Å². The maximum atomic E-state index is 9.13. The first-order chi connectivity index (χ1) is 8.72. The number of halogens is 1. The molecule has 0 aliphatic carbocycles. The quantitative estimate of drug-likeness (QED) is 0.917. The molecule has 1 heterocycles. The third-order valence-corrected chi connectivity index (χ3v) is 3.56. The van der Waals surface area contributed by atoms with Crippen molar-refractivity contribution in [1.29, 1.82) is 0 Å². The fourth-order valence-corrected chi connectivity index (χ4v) is 2.46. The third-order valence-electron chi connectivity index (χ3n) is 3.07. The van der Waals surface area contributed by atoms with E-state index < -0.39 is 0 Å². The van der Waals surface area contributed by atoms with Crippen LogP contribution in [0.15, 0.2) is 22.7 Å². The van der Waals surface area contributed by atoms with Crippen LogP contribution in [0.1, 0.15) is 5.56 Å². The zero-order chi connectivity index (χ0) is 13.0. The molecule has 1 saturated heterocycles. The minimum atomic E-state index is -0.0693. The fourth-order valence-electron chi connectivity index (χ4n) is 2.12. The van der Waals surface area contributed by atoms with Crippen LogP contribution in [0, 0.1) is 0 Å². The lowest BCUT2D eigenvalue weighted by molar-refractivity contribution is -0.0552. The van der Waals surface area contributed by atoms with E-state index in [1.54, 1.807) is 7.11 Å². The number of benzene rings is 1. The second kappa shape index (κ2) is 6.52. The summed E-state index contributed by atoms with van der Waals surface area (Å²) in [5.74, 6) is 0.886. The maximum Gasteiger partial charge on any atom is 0.124 e. The van der Waals surface area contributed by atoms with Gasteiger partial charge in [-0.1, -0.05) is 22.0 Å². The Bertz CT molecular complexity index is 400. The van der Waals surface area contributed by atoms with E-state index in [0.29, 0.717) is 6.61 Å². The third kappa shape index (κ3) is 3.45. The predicted octanol–water partition coefficient (Wildman–Crippen LogP) is 1.65. The van der Waals surface area contributed by atoms with Crippen molar-refractivity contribution in [3.8, 4) is 5.75 Å². The summed E-state index contributed by atoms with van der Waals surface area (Å²) in [4.78, 5) is 2.27. The van der Waals surface area contributed by atoms with Gasteiger partial charge in [-0.15, -0.1) is 0 Å². The van der Waals surface area contributed by atoms with Crippen molar-refractivity contribution in [2.75, 3.05) is 33.4 Å². The fraction of sp³-hybridized carbons (Fsp3) is 0.538. The summed E-state index contributed by atoms with van der Waals surface area (Å²) in [6, 6.07) is 6.05. The van der Waals surface area contributed by atoms with Crippen molar-refractivity contribution in [2.24, 2.45) is 0 Å². The standard InChI is InChI=1S/C13H18BrNO3/c1-17-13-6-11(14)3-2-10(13)7-15-4-5-18-12(8-15)9-16/h2-3,6,12,16H,4-5,7-9H2,1H3/t12-/m1/s1. The highest BCUT2D eigenvalue weighted by atomic mass is 79.9.